The van der Waals surface area contributed by atoms with Crippen molar-refractivity contribution in [1.82, 2.24) is 20.4 Å². The SMILES string of the molecule is CCCN(Cc1noc(-c2ccco2)n1)CC1CCCN1. The second-order valence-electron chi connectivity index (χ2n) is 5.52. The van der Waals surface area contributed by atoms with E-state index in [0.29, 0.717) is 23.5 Å². The molecular formula is C15H22N4O2. The molecule has 114 valence electrons. The molecule has 0 aliphatic carbocycles. The summed E-state index contributed by atoms with van der Waals surface area (Å²) in [4.78, 5) is 6.80. The molecule has 3 heterocycles. The summed E-state index contributed by atoms with van der Waals surface area (Å²) in [6.45, 7) is 6.13. The Labute approximate surface area is 124 Å². The van der Waals surface area contributed by atoms with Gasteiger partial charge < -0.3 is 14.3 Å². The van der Waals surface area contributed by atoms with Gasteiger partial charge in [-0.25, -0.2) is 0 Å². The van der Waals surface area contributed by atoms with Crippen molar-refractivity contribution in [3.63, 3.8) is 0 Å². The second kappa shape index (κ2) is 6.87. The molecule has 0 bridgehead atoms. The minimum absolute atomic E-state index is 0.449. The first-order valence-electron chi connectivity index (χ1n) is 7.67. The molecule has 0 aromatic carbocycles. The van der Waals surface area contributed by atoms with Crippen LogP contribution in [-0.2, 0) is 6.54 Å². The fraction of sp³-hybridized carbons (Fsp3) is 0.600. The van der Waals surface area contributed by atoms with Gasteiger partial charge in [-0.05, 0) is 44.5 Å². The van der Waals surface area contributed by atoms with Crippen LogP contribution in [0.1, 0.15) is 32.0 Å². The molecule has 6 heteroatoms. The monoisotopic (exact) mass is 290 g/mol. The average molecular weight is 290 g/mol. The third-order valence-electron chi connectivity index (χ3n) is 3.75. The molecule has 1 N–H and O–H groups in total. The lowest BCUT2D eigenvalue weighted by atomic mass is 10.2. The summed E-state index contributed by atoms with van der Waals surface area (Å²) in [5.41, 5.74) is 0. The van der Waals surface area contributed by atoms with Crippen molar-refractivity contribution in [3.05, 3.63) is 24.2 Å². The van der Waals surface area contributed by atoms with Gasteiger partial charge in [-0.2, -0.15) is 4.98 Å². The van der Waals surface area contributed by atoms with Gasteiger partial charge >= 0.3 is 0 Å². The maximum atomic E-state index is 5.27. The zero-order chi connectivity index (χ0) is 14.5. The first-order valence-corrected chi connectivity index (χ1v) is 7.67. The number of furan rings is 1. The third kappa shape index (κ3) is 3.71. The van der Waals surface area contributed by atoms with Crippen LogP contribution in [0.3, 0.4) is 0 Å². The summed E-state index contributed by atoms with van der Waals surface area (Å²) >= 11 is 0. The molecule has 1 saturated heterocycles. The van der Waals surface area contributed by atoms with Crippen molar-refractivity contribution >= 4 is 0 Å². The summed E-state index contributed by atoms with van der Waals surface area (Å²) in [6.07, 6.45) is 5.25. The Hall–Kier alpha value is -1.66. The Morgan fingerprint density at radius 1 is 1.48 bits per heavy atom. The second-order valence-corrected chi connectivity index (χ2v) is 5.52. The topological polar surface area (TPSA) is 67.3 Å². The lowest BCUT2D eigenvalue weighted by Crippen LogP contribution is -2.37. The first-order chi connectivity index (χ1) is 10.3. The van der Waals surface area contributed by atoms with Crippen LogP contribution in [-0.4, -0.2) is 40.7 Å². The van der Waals surface area contributed by atoms with Crippen molar-refractivity contribution in [3.8, 4) is 11.7 Å². The predicted octanol–water partition coefficient (Wildman–Crippen LogP) is 2.29. The molecule has 1 unspecified atom stereocenters. The molecular weight excluding hydrogens is 268 g/mol. The van der Waals surface area contributed by atoms with E-state index >= 15 is 0 Å². The van der Waals surface area contributed by atoms with Crippen LogP contribution in [0.15, 0.2) is 27.3 Å². The third-order valence-corrected chi connectivity index (χ3v) is 3.75. The van der Waals surface area contributed by atoms with Crippen LogP contribution in [0.4, 0.5) is 0 Å². The van der Waals surface area contributed by atoms with Gasteiger partial charge in [0.05, 0.1) is 12.8 Å². The van der Waals surface area contributed by atoms with Crippen LogP contribution < -0.4 is 5.32 Å². The molecule has 21 heavy (non-hydrogen) atoms. The van der Waals surface area contributed by atoms with Gasteiger partial charge in [0.25, 0.3) is 5.89 Å². The van der Waals surface area contributed by atoms with Crippen molar-refractivity contribution in [1.29, 1.82) is 0 Å². The van der Waals surface area contributed by atoms with Crippen molar-refractivity contribution in [2.75, 3.05) is 19.6 Å². The lowest BCUT2D eigenvalue weighted by molar-refractivity contribution is 0.232. The summed E-state index contributed by atoms with van der Waals surface area (Å²) in [5.74, 6) is 1.78. The average Bonchev–Trinajstić information content (AvgIpc) is 3.21. The van der Waals surface area contributed by atoms with Crippen LogP contribution in [0.5, 0.6) is 0 Å². The molecule has 2 aromatic heterocycles. The highest BCUT2D eigenvalue weighted by molar-refractivity contribution is 5.42. The van der Waals surface area contributed by atoms with E-state index in [1.165, 1.54) is 12.8 Å². The quantitative estimate of drug-likeness (QED) is 0.844. The summed E-state index contributed by atoms with van der Waals surface area (Å²) in [7, 11) is 0. The van der Waals surface area contributed by atoms with E-state index < -0.39 is 0 Å². The Morgan fingerprint density at radius 2 is 2.43 bits per heavy atom. The number of nitrogens with zero attached hydrogens (tertiary/aromatic N) is 3. The molecule has 6 nitrogen and oxygen atoms in total. The zero-order valence-corrected chi connectivity index (χ0v) is 12.4. The normalized spacial score (nSPS) is 18.7. The number of hydrogen-bond donors (Lipinski definition) is 1. The molecule has 1 atom stereocenters. The summed E-state index contributed by atoms with van der Waals surface area (Å²) < 4.78 is 10.5. The van der Waals surface area contributed by atoms with Gasteiger partial charge in [-0.1, -0.05) is 12.1 Å². The molecule has 3 rings (SSSR count). The van der Waals surface area contributed by atoms with Gasteiger partial charge in [0.1, 0.15) is 0 Å². The van der Waals surface area contributed by atoms with Crippen molar-refractivity contribution < 1.29 is 8.94 Å². The van der Waals surface area contributed by atoms with Crippen molar-refractivity contribution in [2.24, 2.45) is 0 Å². The summed E-state index contributed by atoms with van der Waals surface area (Å²) in [5, 5.41) is 7.60. The molecule has 0 saturated carbocycles. The van der Waals surface area contributed by atoms with Gasteiger partial charge in [-0.3, -0.25) is 4.90 Å². The predicted molar refractivity (Wildman–Crippen MR) is 78.6 cm³/mol. The van der Waals surface area contributed by atoms with Crippen LogP contribution in [0, 0.1) is 0 Å². The Morgan fingerprint density at radius 3 is 3.14 bits per heavy atom. The van der Waals surface area contributed by atoms with Gasteiger partial charge in [-0.15, -0.1) is 0 Å². The van der Waals surface area contributed by atoms with Crippen molar-refractivity contribution in [2.45, 2.75) is 38.8 Å². The van der Waals surface area contributed by atoms with Gasteiger partial charge in [0.2, 0.25) is 0 Å². The fourth-order valence-electron chi connectivity index (χ4n) is 2.79. The standard InChI is InChI=1S/C15H22N4O2/c1-2-8-19(10-12-5-3-7-16-12)11-14-17-15(21-18-14)13-6-4-9-20-13/h4,6,9,12,16H,2-3,5,7-8,10-11H2,1H3. The molecule has 1 fully saturated rings. The van der Waals surface area contributed by atoms with Crippen LogP contribution in [0.25, 0.3) is 11.7 Å². The molecule has 1 aliphatic heterocycles. The van der Waals surface area contributed by atoms with Crippen LogP contribution in [0.2, 0.25) is 0 Å². The zero-order valence-electron chi connectivity index (χ0n) is 12.4. The number of hydrogen-bond acceptors (Lipinski definition) is 6. The van der Waals surface area contributed by atoms with Crippen LogP contribution >= 0.6 is 0 Å². The highest BCUT2D eigenvalue weighted by atomic mass is 16.5. The minimum Gasteiger partial charge on any atom is -0.459 e. The molecule has 0 amide bonds. The number of nitrogens with one attached hydrogen (secondary N) is 1. The fourth-order valence-corrected chi connectivity index (χ4v) is 2.79. The van der Waals surface area contributed by atoms with E-state index in [9.17, 15) is 0 Å². The maximum Gasteiger partial charge on any atom is 0.293 e. The van der Waals surface area contributed by atoms with Gasteiger partial charge in [0, 0.05) is 12.6 Å². The lowest BCUT2D eigenvalue weighted by Gasteiger charge is -2.23. The molecule has 0 spiro atoms. The van der Waals surface area contributed by atoms with E-state index in [1.54, 1.807) is 6.26 Å². The van der Waals surface area contributed by atoms with E-state index in [0.717, 1.165) is 32.6 Å². The molecule has 0 radical (unpaired) electrons. The Balaban J connectivity index is 1.62. The highest BCUT2D eigenvalue weighted by Crippen LogP contribution is 2.18. The largest absolute Gasteiger partial charge is 0.459 e. The van der Waals surface area contributed by atoms with Gasteiger partial charge in [0.15, 0.2) is 11.6 Å². The molecule has 1 aliphatic rings. The molecule has 2 aromatic rings. The number of rotatable bonds is 7. The van der Waals surface area contributed by atoms with E-state index in [2.05, 4.69) is 27.3 Å². The summed E-state index contributed by atoms with van der Waals surface area (Å²) in [6, 6.07) is 4.23. The minimum atomic E-state index is 0.449. The highest BCUT2D eigenvalue weighted by Gasteiger charge is 2.19. The van der Waals surface area contributed by atoms with E-state index in [4.69, 9.17) is 8.94 Å². The van der Waals surface area contributed by atoms with E-state index in [1.807, 2.05) is 12.1 Å². The Kier molecular flexibility index (Phi) is 4.67. The van der Waals surface area contributed by atoms with E-state index in [-0.39, 0.29) is 0 Å². The first kappa shape index (κ1) is 14.3. The maximum absolute atomic E-state index is 5.27. The smallest absolute Gasteiger partial charge is 0.293 e. The number of aromatic nitrogens is 2. The Bertz CT molecular complexity index is 532.